The number of hydrogen-bond acceptors (Lipinski definition) is 7. The van der Waals surface area contributed by atoms with Gasteiger partial charge in [-0.2, -0.15) is 4.31 Å². The molecule has 200 valence electrons. The van der Waals surface area contributed by atoms with Crippen LogP contribution in [-0.2, 0) is 14.8 Å². The van der Waals surface area contributed by atoms with Crippen molar-refractivity contribution in [3.63, 3.8) is 0 Å². The predicted molar refractivity (Wildman–Crippen MR) is 143 cm³/mol. The van der Waals surface area contributed by atoms with Crippen molar-refractivity contribution >= 4 is 33.8 Å². The number of carbonyl (C=O) groups excluding carboxylic acids is 1. The Kier molecular flexibility index (Phi) is 7.02. The molecule has 1 N–H and O–H groups in total. The zero-order valence-corrected chi connectivity index (χ0v) is 22.7. The van der Waals surface area contributed by atoms with Gasteiger partial charge >= 0.3 is 0 Å². The molecule has 10 heteroatoms. The van der Waals surface area contributed by atoms with Gasteiger partial charge in [-0.15, -0.1) is 0 Å². The van der Waals surface area contributed by atoms with Crippen LogP contribution in [0.3, 0.4) is 0 Å². The SMILES string of the molecule is Cc1cc(C)c(/C=C/c2onc(C)c2S(=O)(=O)N2CCC(C(=O)Nc3ccc4c(c3)OCO4)CC2)c(C)c1. The Labute approximate surface area is 222 Å². The van der Waals surface area contributed by atoms with E-state index in [9.17, 15) is 13.2 Å². The summed E-state index contributed by atoms with van der Waals surface area (Å²) in [5, 5.41) is 6.86. The molecule has 1 fully saturated rings. The fourth-order valence-electron chi connectivity index (χ4n) is 5.12. The van der Waals surface area contributed by atoms with Crippen LogP contribution in [0.5, 0.6) is 11.5 Å². The van der Waals surface area contributed by atoms with Crippen LogP contribution < -0.4 is 14.8 Å². The number of rotatable bonds is 6. The van der Waals surface area contributed by atoms with E-state index in [0.29, 0.717) is 35.7 Å². The van der Waals surface area contributed by atoms with Gasteiger partial charge in [0.25, 0.3) is 0 Å². The Morgan fingerprint density at radius 3 is 2.39 bits per heavy atom. The van der Waals surface area contributed by atoms with Gasteiger partial charge in [-0.05, 0) is 75.4 Å². The van der Waals surface area contributed by atoms with Crippen LogP contribution in [0.15, 0.2) is 39.8 Å². The molecule has 0 spiro atoms. The number of hydrogen-bond donors (Lipinski definition) is 1. The van der Waals surface area contributed by atoms with E-state index in [4.69, 9.17) is 14.0 Å². The second-order valence-electron chi connectivity index (χ2n) is 9.84. The first-order valence-corrected chi connectivity index (χ1v) is 14.0. The van der Waals surface area contributed by atoms with Crippen LogP contribution in [0, 0.1) is 33.6 Å². The first kappa shape index (κ1) is 26.0. The molecule has 38 heavy (non-hydrogen) atoms. The number of ether oxygens (including phenoxy) is 2. The van der Waals surface area contributed by atoms with Gasteiger partial charge in [0.15, 0.2) is 22.2 Å². The van der Waals surface area contributed by atoms with Crippen LogP contribution in [0.2, 0.25) is 0 Å². The lowest BCUT2D eigenvalue weighted by atomic mass is 9.97. The maximum atomic E-state index is 13.6. The van der Waals surface area contributed by atoms with Crippen molar-refractivity contribution in [2.24, 2.45) is 5.92 Å². The fourth-order valence-corrected chi connectivity index (χ4v) is 6.84. The van der Waals surface area contributed by atoms with Crippen LogP contribution in [-0.4, -0.2) is 43.7 Å². The number of aryl methyl sites for hydroxylation is 4. The molecule has 3 aromatic rings. The molecule has 1 aromatic heterocycles. The van der Waals surface area contributed by atoms with Gasteiger partial charge < -0.3 is 19.3 Å². The molecule has 0 aliphatic carbocycles. The Morgan fingerprint density at radius 1 is 1.00 bits per heavy atom. The standard InChI is InChI=1S/C28H31N3O6S/c1-17-13-18(2)23(19(3)14-17)6-8-25-27(20(4)30-37-25)38(33,34)31-11-9-21(10-12-31)28(32)29-22-5-7-24-26(15-22)36-16-35-24/h5-8,13-15,21H,9-12,16H2,1-4H3,(H,29,32)/b8-6+. The molecule has 2 aliphatic heterocycles. The Balaban J connectivity index is 1.27. The van der Waals surface area contributed by atoms with Gasteiger partial charge in [0.1, 0.15) is 5.69 Å². The zero-order valence-electron chi connectivity index (χ0n) is 21.9. The minimum Gasteiger partial charge on any atom is -0.454 e. The van der Waals surface area contributed by atoms with Crippen molar-refractivity contribution in [2.45, 2.75) is 45.4 Å². The highest BCUT2D eigenvalue weighted by molar-refractivity contribution is 7.89. The van der Waals surface area contributed by atoms with Gasteiger partial charge in [-0.1, -0.05) is 28.9 Å². The number of anilines is 1. The molecule has 0 unspecified atom stereocenters. The van der Waals surface area contributed by atoms with Gasteiger partial charge in [0.05, 0.1) is 0 Å². The molecular formula is C28H31N3O6S. The maximum Gasteiger partial charge on any atom is 0.248 e. The molecule has 3 heterocycles. The third-order valence-electron chi connectivity index (χ3n) is 7.04. The van der Waals surface area contributed by atoms with Crippen molar-refractivity contribution in [1.82, 2.24) is 9.46 Å². The number of carbonyl (C=O) groups is 1. The third-order valence-corrected chi connectivity index (χ3v) is 9.09. The van der Waals surface area contributed by atoms with Crippen LogP contribution >= 0.6 is 0 Å². The number of amides is 1. The van der Waals surface area contributed by atoms with Gasteiger partial charge in [0.2, 0.25) is 22.7 Å². The number of benzene rings is 2. The average molecular weight is 538 g/mol. The predicted octanol–water partition coefficient (Wildman–Crippen LogP) is 4.85. The first-order valence-electron chi connectivity index (χ1n) is 12.6. The molecular weight excluding hydrogens is 506 g/mol. The summed E-state index contributed by atoms with van der Waals surface area (Å²) in [5.41, 5.74) is 5.31. The summed E-state index contributed by atoms with van der Waals surface area (Å²) in [7, 11) is -3.86. The van der Waals surface area contributed by atoms with Crippen molar-refractivity contribution in [2.75, 3.05) is 25.2 Å². The molecule has 0 radical (unpaired) electrons. The number of aromatic nitrogens is 1. The lowest BCUT2D eigenvalue weighted by Crippen LogP contribution is -2.41. The smallest absolute Gasteiger partial charge is 0.248 e. The normalized spacial score (nSPS) is 16.3. The maximum absolute atomic E-state index is 13.6. The number of piperidine rings is 1. The fraction of sp³-hybridized carbons (Fsp3) is 0.357. The first-order chi connectivity index (χ1) is 18.1. The summed E-state index contributed by atoms with van der Waals surface area (Å²) >= 11 is 0. The van der Waals surface area contributed by atoms with Crippen molar-refractivity contribution in [3.8, 4) is 11.5 Å². The van der Waals surface area contributed by atoms with E-state index in [1.165, 1.54) is 9.87 Å². The van der Waals surface area contributed by atoms with E-state index in [-0.39, 0.29) is 42.4 Å². The third kappa shape index (κ3) is 5.06. The number of sulfonamides is 1. The van der Waals surface area contributed by atoms with E-state index in [1.54, 1.807) is 31.2 Å². The summed E-state index contributed by atoms with van der Waals surface area (Å²) < 4.78 is 44.8. The second kappa shape index (κ2) is 10.3. The molecule has 2 aromatic carbocycles. The van der Waals surface area contributed by atoms with Crippen LogP contribution in [0.4, 0.5) is 5.69 Å². The van der Waals surface area contributed by atoms with E-state index >= 15 is 0 Å². The Hall–Kier alpha value is -3.63. The molecule has 0 bridgehead atoms. The van der Waals surface area contributed by atoms with Crippen molar-refractivity contribution < 1.29 is 27.2 Å². The summed E-state index contributed by atoms with van der Waals surface area (Å²) in [4.78, 5) is 12.9. The Morgan fingerprint density at radius 2 is 1.68 bits per heavy atom. The minimum atomic E-state index is -3.86. The number of nitrogens with zero attached hydrogens (tertiary/aromatic N) is 2. The molecule has 1 saturated heterocycles. The summed E-state index contributed by atoms with van der Waals surface area (Å²) in [6.07, 6.45) is 4.36. The minimum absolute atomic E-state index is 0.0689. The van der Waals surface area contributed by atoms with E-state index in [1.807, 2.05) is 26.8 Å². The highest BCUT2D eigenvalue weighted by Crippen LogP contribution is 2.35. The van der Waals surface area contributed by atoms with E-state index in [0.717, 1.165) is 16.7 Å². The lowest BCUT2D eigenvalue weighted by molar-refractivity contribution is -0.120. The number of nitrogens with one attached hydrogen (secondary N) is 1. The van der Waals surface area contributed by atoms with Crippen LogP contribution in [0.25, 0.3) is 12.2 Å². The van der Waals surface area contributed by atoms with Crippen molar-refractivity contribution in [3.05, 3.63) is 64.0 Å². The van der Waals surface area contributed by atoms with Gasteiger partial charge in [-0.25, -0.2) is 8.42 Å². The van der Waals surface area contributed by atoms with E-state index < -0.39 is 10.0 Å². The highest BCUT2D eigenvalue weighted by Gasteiger charge is 2.36. The average Bonchev–Trinajstić information content (AvgIpc) is 3.49. The topological polar surface area (TPSA) is 111 Å². The molecule has 2 aliphatic rings. The summed E-state index contributed by atoms with van der Waals surface area (Å²) in [5.74, 6) is 0.982. The molecule has 0 atom stereocenters. The Bertz CT molecular complexity index is 1490. The van der Waals surface area contributed by atoms with Gasteiger partial charge in [0, 0.05) is 30.8 Å². The second-order valence-corrected chi connectivity index (χ2v) is 11.7. The highest BCUT2D eigenvalue weighted by atomic mass is 32.2. The molecule has 5 rings (SSSR count). The monoisotopic (exact) mass is 537 g/mol. The largest absolute Gasteiger partial charge is 0.454 e. The molecule has 9 nitrogen and oxygen atoms in total. The molecule has 1 amide bonds. The van der Waals surface area contributed by atoms with Crippen molar-refractivity contribution in [1.29, 1.82) is 0 Å². The quantitative estimate of drug-likeness (QED) is 0.479. The molecule has 0 saturated carbocycles. The summed E-state index contributed by atoms with van der Waals surface area (Å²) in [6, 6.07) is 9.41. The summed E-state index contributed by atoms with van der Waals surface area (Å²) in [6.45, 7) is 8.33. The number of fused-ring (bicyclic) bond motifs is 1. The van der Waals surface area contributed by atoms with Crippen LogP contribution in [0.1, 0.15) is 46.5 Å². The van der Waals surface area contributed by atoms with E-state index in [2.05, 4.69) is 22.6 Å². The van der Waals surface area contributed by atoms with Gasteiger partial charge in [-0.3, -0.25) is 4.79 Å². The lowest BCUT2D eigenvalue weighted by Gasteiger charge is -2.30. The zero-order chi connectivity index (χ0) is 27.0.